The Labute approximate surface area is 124 Å². The van der Waals surface area contributed by atoms with E-state index in [1.54, 1.807) is 0 Å². The summed E-state index contributed by atoms with van der Waals surface area (Å²) in [6.45, 7) is 6.63. The first-order chi connectivity index (χ1) is 9.63. The van der Waals surface area contributed by atoms with Gasteiger partial charge in [0.2, 0.25) is 5.91 Å². The lowest BCUT2D eigenvalue weighted by molar-refractivity contribution is -0.132. The highest BCUT2D eigenvalue weighted by atomic mass is 16.2. The largest absolute Gasteiger partial charge is 0.323 e. The molecule has 1 N–H and O–H groups in total. The van der Waals surface area contributed by atoms with Crippen molar-refractivity contribution in [3.8, 4) is 0 Å². The minimum atomic E-state index is 0.0646. The van der Waals surface area contributed by atoms with E-state index in [0.717, 1.165) is 19.3 Å². The van der Waals surface area contributed by atoms with Crippen molar-refractivity contribution in [2.24, 2.45) is 5.92 Å². The summed E-state index contributed by atoms with van der Waals surface area (Å²) in [5.41, 5.74) is 0. The van der Waals surface area contributed by atoms with Crippen LogP contribution >= 0.6 is 0 Å². The highest BCUT2D eigenvalue weighted by Crippen LogP contribution is 2.29. The highest BCUT2D eigenvalue weighted by molar-refractivity contribution is 5.84. The normalized spacial score (nSPS) is 29.2. The van der Waals surface area contributed by atoms with E-state index in [-0.39, 0.29) is 6.04 Å². The Morgan fingerprint density at radius 2 is 1.85 bits per heavy atom. The van der Waals surface area contributed by atoms with E-state index in [1.807, 2.05) is 0 Å². The quantitative estimate of drug-likeness (QED) is 0.779. The van der Waals surface area contributed by atoms with Crippen molar-refractivity contribution in [3.05, 3.63) is 0 Å². The molecule has 20 heavy (non-hydrogen) atoms. The van der Waals surface area contributed by atoms with Crippen LogP contribution in [0.2, 0.25) is 0 Å². The third-order valence-corrected chi connectivity index (χ3v) is 4.77. The first-order valence-electron chi connectivity index (χ1n) is 8.71. The molecule has 0 radical (unpaired) electrons. The molecule has 1 aliphatic carbocycles. The molecule has 2 rings (SSSR count). The SMILES string of the molecule is CCCC1NC(CC(C)C)C(=O)N1C1CCCCCC1. The molecule has 3 heteroatoms. The van der Waals surface area contributed by atoms with Gasteiger partial charge in [-0.05, 0) is 31.6 Å². The molecular weight excluding hydrogens is 248 g/mol. The topological polar surface area (TPSA) is 32.3 Å². The molecular formula is C17H32N2O. The molecule has 1 saturated carbocycles. The van der Waals surface area contributed by atoms with Gasteiger partial charge in [0.05, 0.1) is 12.2 Å². The molecule has 2 unspecified atom stereocenters. The van der Waals surface area contributed by atoms with Crippen LogP contribution in [0.1, 0.15) is 78.6 Å². The number of carbonyl (C=O) groups excluding carboxylic acids is 1. The van der Waals surface area contributed by atoms with Gasteiger partial charge in [0, 0.05) is 6.04 Å². The van der Waals surface area contributed by atoms with Gasteiger partial charge in [-0.3, -0.25) is 10.1 Å². The summed E-state index contributed by atoms with van der Waals surface area (Å²) in [6.07, 6.45) is 11.2. The first kappa shape index (κ1) is 15.8. The molecule has 0 aromatic heterocycles. The van der Waals surface area contributed by atoms with E-state index in [4.69, 9.17) is 0 Å². The van der Waals surface area contributed by atoms with Crippen LogP contribution in [0.25, 0.3) is 0 Å². The van der Waals surface area contributed by atoms with E-state index in [0.29, 0.717) is 24.0 Å². The van der Waals surface area contributed by atoms with Gasteiger partial charge in [-0.2, -0.15) is 0 Å². The second-order valence-corrected chi connectivity index (χ2v) is 7.04. The van der Waals surface area contributed by atoms with Gasteiger partial charge in [0.25, 0.3) is 0 Å². The lowest BCUT2D eigenvalue weighted by Crippen LogP contribution is -2.44. The standard InChI is InChI=1S/C17H32N2O/c1-4-9-16-18-15(12-13(2)3)17(20)19(16)14-10-7-5-6-8-11-14/h13-16,18H,4-12H2,1-3H3. The Balaban J connectivity index is 2.07. The van der Waals surface area contributed by atoms with Gasteiger partial charge in [-0.25, -0.2) is 0 Å². The molecule has 2 aliphatic rings. The van der Waals surface area contributed by atoms with Crippen molar-refractivity contribution in [1.82, 2.24) is 10.2 Å². The molecule has 2 fully saturated rings. The molecule has 1 amide bonds. The molecule has 1 saturated heterocycles. The Hall–Kier alpha value is -0.570. The first-order valence-corrected chi connectivity index (χ1v) is 8.71. The van der Waals surface area contributed by atoms with Crippen molar-refractivity contribution in [1.29, 1.82) is 0 Å². The predicted molar refractivity (Wildman–Crippen MR) is 83.4 cm³/mol. The molecule has 2 atom stereocenters. The maximum atomic E-state index is 12.8. The van der Waals surface area contributed by atoms with Gasteiger partial charge in [0.1, 0.15) is 0 Å². The maximum Gasteiger partial charge on any atom is 0.241 e. The fourth-order valence-electron chi connectivity index (χ4n) is 3.82. The Morgan fingerprint density at radius 1 is 1.20 bits per heavy atom. The van der Waals surface area contributed by atoms with E-state index in [2.05, 4.69) is 31.0 Å². The number of nitrogens with zero attached hydrogens (tertiary/aromatic N) is 1. The minimum Gasteiger partial charge on any atom is -0.323 e. The Bertz CT molecular complexity index is 308. The zero-order valence-electron chi connectivity index (χ0n) is 13.5. The van der Waals surface area contributed by atoms with E-state index < -0.39 is 0 Å². The summed E-state index contributed by atoms with van der Waals surface area (Å²) in [5.74, 6) is 0.955. The smallest absolute Gasteiger partial charge is 0.241 e. The number of nitrogens with one attached hydrogen (secondary N) is 1. The summed E-state index contributed by atoms with van der Waals surface area (Å²) < 4.78 is 0. The Morgan fingerprint density at radius 3 is 2.40 bits per heavy atom. The lowest BCUT2D eigenvalue weighted by Gasteiger charge is -2.32. The molecule has 0 bridgehead atoms. The summed E-state index contributed by atoms with van der Waals surface area (Å²) in [4.78, 5) is 15.0. The van der Waals surface area contributed by atoms with Crippen LogP contribution in [0.3, 0.4) is 0 Å². The van der Waals surface area contributed by atoms with Crippen LogP contribution in [-0.2, 0) is 4.79 Å². The molecule has 3 nitrogen and oxygen atoms in total. The third kappa shape index (κ3) is 3.75. The molecule has 1 aliphatic heterocycles. The van der Waals surface area contributed by atoms with Crippen LogP contribution in [0.15, 0.2) is 0 Å². The summed E-state index contributed by atoms with van der Waals surface area (Å²) in [6, 6.07) is 0.556. The number of rotatable bonds is 5. The molecule has 0 spiro atoms. The van der Waals surface area contributed by atoms with Crippen molar-refractivity contribution >= 4 is 5.91 Å². The van der Waals surface area contributed by atoms with Gasteiger partial charge >= 0.3 is 0 Å². The average Bonchev–Trinajstić information content (AvgIpc) is 2.59. The van der Waals surface area contributed by atoms with Gasteiger partial charge in [-0.15, -0.1) is 0 Å². The van der Waals surface area contributed by atoms with Crippen molar-refractivity contribution in [2.75, 3.05) is 0 Å². The van der Waals surface area contributed by atoms with E-state index in [1.165, 1.54) is 38.5 Å². The lowest BCUT2D eigenvalue weighted by atomic mass is 10.0. The highest BCUT2D eigenvalue weighted by Gasteiger charge is 2.41. The van der Waals surface area contributed by atoms with Crippen molar-refractivity contribution in [2.45, 2.75) is 96.8 Å². The molecule has 116 valence electrons. The number of hydrogen-bond donors (Lipinski definition) is 1. The molecule has 1 heterocycles. The van der Waals surface area contributed by atoms with Crippen molar-refractivity contribution < 1.29 is 4.79 Å². The van der Waals surface area contributed by atoms with Crippen LogP contribution in [-0.4, -0.2) is 29.1 Å². The zero-order chi connectivity index (χ0) is 14.5. The predicted octanol–water partition coefficient (Wildman–Crippen LogP) is 3.68. The van der Waals surface area contributed by atoms with E-state index >= 15 is 0 Å². The summed E-state index contributed by atoms with van der Waals surface area (Å²) in [7, 11) is 0. The fourth-order valence-corrected chi connectivity index (χ4v) is 3.82. The third-order valence-electron chi connectivity index (χ3n) is 4.77. The van der Waals surface area contributed by atoms with Crippen LogP contribution in [0, 0.1) is 5.92 Å². The minimum absolute atomic E-state index is 0.0646. The summed E-state index contributed by atoms with van der Waals surface area (Å²) in [5, 5.41) is 3.62. The van der Waals surface area contributed by atoms with Crippen LogP contribution in [0.5, 0.6) is 0 Å². The number of amides is 1. The zero-order valence-corrected chi connectivity index (χ0v) is 13.5. The van der Waals surface area contributed by atoms with Gasteiger partial charge in [-0.1, -0.05) is 52.9 Å². The van der Waals surface area contributed by atoms with Crippen molar-refractivity contribution in [3.63, 3.8) is 0 Å². The average molecular weight is 280 g/mol. The maximum absolute atomic E-state index is 12.8. The fraction of sp³-hybridized carbons (Fsp3) is 0.941. The number of hydrogen-bond acceptors (Lipinski definition) is 2. The monoisotopic (exact) mass is 280 g/mol. The number of carbonyl (C=O) groups is 1. The Kier molecular flexibility index (Phi) is 5.88. The second-order valence-electron chi connectivity index (χ2n) is 7.04. The van der Waals surface area contributed by atoms with Crippen LogP contribution < -0.4 is 5.32 Å². The van der Waals surface area contributed by atoms with Gasteiger partial charge in [0.15, 0.2) is 0 Å². The van der Waals surface area contributed by atoms with E-state index in [9.17, 15) is 4.79 Å². The molecule has 0 aromatic carbocycles. The van der Waals surface area contributed by atoms with Crippen LogP contribution in [0.4, 0.5) is 0 Å². The van der Waals surface area contributed by atoms with Gasteiger partial charge < -0.3 is 4.90 Å². The molecule has 0 aromatic rings. The summed E-state index contributed by atoms with van der Waals surface area (Å²) >= 11 is 0. The second kappa shape index (κ2) is 7.44.